The third-order valence-electron chi connectivity index (χ3n) is 3.28. The van der Waals surface area contributed by atoms with Gasteiger partial charge < -0.3 is 4.57 Å². The zero-order valence-electron chi connectivity index (χ0n) is 10.8. The Balaban J connectivity index is 1.99. The maximum absolute atomic E-state index is 13.6. The van der Waals surface area contributed by atoms with E-state index in [-0.39, 0.29) is 12.1 Å². The number of Topliss-reactive ketones (excluding diaryl/α,β-unsaturated/α-hetero) is 1. The highest BCUT2D eigenvalue weighted by Crippen LogP contribution is 2.26. The molecule has 0 N–H and O–H groups in total. The number of para-hydroxylation sites is 1. The van der Waals surface area contributed by atoms with Crippen molar-refractivity contribution in [2.45, 2.75) is 6.54 Å². The third-order valence-corrected chi connectivity index (χ3v) is 3.91. The summed E-state index contributed by atoms with van der Waals surface area (Å²) in [7, 11) is 0. The van der Waals surface area contributed by atoms with E-state index in [1.807, 2.05) is 24.3 Å². The fourth-order valence-corrected chi connectivity index (χ4v) is 2.87. The topological polar surface area (TPSA) is 22.0 Å². The highest BCUT2D eigenvalue weighted by Gasteiger charge is 2.15. The van der Waals surface area contributed by atoms with Crippen molar-refractivity contribution in [1.82, 2.24) is 4.57 Å². The SMILES string of the molecule is O=C(Cn1cc(Br)c2ccccc21)c1cc(F)ccc1F. The molecule has 3 aromatic rings. The molecule has 0 atom stereocenters. The average Bonchev–Trinajstić information content (AvgIpc) is 2.78. The van der Waals surface area contributed by atoms with E-state index in [0.29, 0.717) is 0 Å². The first-order valence-corrected chi connectivity index (χ1v) is 7.07. The number of benzene rings is 2. The van der Waals surface area contributed by atoms with Crippen molar-refractivity contribution in [3.05, 3.63) is 70.3 Å². The Kier molecular flexibility index (Phi) is 3.59. The van der Waals surface area contributed by atoms with E-state index in [9.17, 15) is 13.6 Å². The summed E-state index contributed by atoms with van der Waals surface area (Å²) in [6.45, 7) is -0.0491. The molecule has 0 radical (unpaired) electrons. The molecule has 2 aromatic carbocycles. The van der Waals surface area contributed by atoms with Gasteiger partial charge in [0.1, 0.15) is 11.6 Å². The quantitative estimate of drug-likeness (QED) is 0.635. The lowest BCUT2D eigenvalue weighted by Crippen LogP contribution is -2.11. The van der Waals surface area contributed by atoms with Crippen molar-refractivity contribution in [2.24, 2.45) is 0 Å². The predicted molar refractivity (Wildman–Crippen MR) is 80.3 cm³/mol. The van der Waals surface area contributed by atoms with Crippen molar-refractivity contribution < 1.29 is 13.6 Å². The number of hydrogen-bond acceptors (Lipinski definition) is 1. The first-order valence-electron chi connectivity index (χ1n) is 6.28. The Morgan fingerprint density at radius 1 is 1.14 bits per heavy atom. The molecule has 0 aliphatic rings. The molecule has 0 amide bonds. The van der Waals surface area contributed by atoms with E-state index in [1.165, 1.54) is 0 Å². The summed E-state index contributed by atoms with van der Waals surface area (Å²) in [5.41, 5.74) is 0.624. The third kappa shape index (κ3) is 2.61. The summed E-state index contributed by atoms with van der Waals surface area (Å²) in [5, 5.41) is 0.963. The summed E-state index contributed by atoms with van der Waals surface area (Å²) >= 11 is 3.42. The molecule has 1 aromatic heterocycles. The van der Waals surface area contributed by atoms with Crippen LogP contribution in [0.3, 0.4) is 0 Å². The molecule has 0 aliphatic carbocycles. The first kappa shape index (κ1) is 13.9. The Bertz CT molecular complexity index is 841. The minimum absolute atomic E-state index is 0.0491. The smallest absolute Gasteiger partial charge is 0.185 e. The van der Waals surface area contributed by atoms with Gasteiger partial charge in [-0.05, 0) is 40.2 Å². The molecule has 0 spiro atoms. The molecule has 0 fully saturated rings. The van der Waals surface area contributed by atoms with Crippen molar-refractivity contribution in [1.29, 1.82) is 0 Å². The van der Waals surface area contributed by atoms with Crippen LogP contribution in [-0.2, 0) is 6.54 Å². The number of carbonyl (C=O) groups excluding carboxylic acids is 1. The number of fused-ring (bicyclic) bond motifs is 1. The maximum Gasteiger partial charge on any atom is 0.185 e. The average molecular weight is 350 g/mol. The van der Waals surface area contributed by atoms with Crippen molar-refractivity contribution in [3.63, 3.8) is 0 Å². The molecular formula is C16H10BrF2NO. The van der Waals surface area contributed by atoms with E-state index >= 15 is 0 Å². The van der Waals surface area contributed by atoms with Gasteiger partial charge in [-0.2, -0.15) is 0 Å². The van der Waals surface area contributed by atoms with Crippen molar-refractivity contribution in [2.75, 3.05) is 0 Å². The molecular weight excluding hydrogens is 340 g/mol. The molecule has 3 rings (SSSR count). The zero-order chi connectivity index (χ0) is 15.0. The molecule has 1 heterocycles. The molecule has 2 nitrogen and oxygen atoms in total. The molecule has 0 saturated heterocycles. The van der Waals surface area contributed by atoms with E-state index in [4.69, 9.17) is 0 Å². The Morgan fingerprint density at radius 2 is 1.90 bits per heavy atom. The monoisotopic (exact) mass is 349 g/mol. The van der Waals surface area contributed by atoms with Gasteiger partial charge in [-0.25, -0.2) is 8.78 Å². The normalized spacial score (nSPS) is 11.0. The fourth-order valence-electron chi connectivity index (χ4n) is 2.28. The minimum atomic E-state index is -0.711. The van der Waals surface area contributed by atoms with Crippen molar-refractivity contribution in [3.8, 4) is 0 Å². The summed E-state index contributed by atoms with van der Waals surface area (Å²) in [6.07, 6.45) is 1.76. The van der Waals surface area contributed by atoms with Crippen LogP contribution in [0.4, 0.5) is 8.78 Å². The number of aromatic nitrogens is 1. The molecule has 0 saturated carbocycles. The van der Waals surface area contributed by atoms with Crippen LogP contribution >= 0.6 is 15.9 Å². The molecule has 106 valence electrons. The standard InChI is InChI=1S/C16H10BrF2NO/c17-13-8-20(15-4-2-1-3-11(13)15)9-16(21)12-7-10(18)5-6-14(12)19/h1-8H,9H2. The van der Waals surface area contributed by atoms with Crippen LogP contribution in [0, 0.1) is 11.6 Å². The highest BCUT2D eigenvalue weighted by atomic mass is 79.9. The van der Waals surface area contributed by atoms with Gasteiger partial charge in [-0.1, -0.05) is 18.2 Å². The van der Waals surface area contributed by atoms with Crippen LogP contribution in [0.1, 0.15) is 10.4 Å². The lowest BCUT2D eigenvalue weighted by atomic mass is 10.1. The Morgan fingerprint density at radius 3 is 2.71 bits per heavy atom. The van der Waals surface area contributed by atoms with E-state index < -0.39 is 17.4 Å². The Labute approximate surface area is 128 Å². The maximum atomic E-state index is 13.6. The summed E-state index contributed by atoms with van der Waals surface area (Å²) in [4.78, 5) is 12.2. The van der Waals surface area contributed by atoms with Gasteiger partial charge in [0.2, 0.25) is 0 Å². The lowest BCUT2D eigenvalue weighted by molar-refractivity contribution is 0.0969. The molecule has 0 bridgehead atoms. The van der Waals surface area contributed by atoms with Crippen LogP contribution in [0.25, 0.3) is 10.9 Å². The molecule has 21 heavy (non-hydrogen) atoms. The largest absolute Gasteiger partial charge is 0.338 e. The van der Waals surface area contributed by atoms with Gasteiger partial charge >= 0.3 is 0 Å². The minimum Gasteiger partial charge on any atom is -0.338 e. The first-order chi connectivity index (χ1) is 10.1. The van der Waals surface area contributed by atoms with Gasteiger partial charge in [-0.15, -0.1) is 0 Å². The number of carbonyl (C=O) groups is 1. The van der Waals surface area contributed by atoms with Crippen LogP contribution in [-0.4, -0.2) is 10.4 Å². The van der Waals surface area contributed by atoms with Crippen LogP contribution in [0.2, 0.25) is 0 Å². The van der Waals surface area contributed by atoms with Gasteiger partial charge in [-0.3, -0.25) is 4.79 Å². The molecule has 0 aliphatic heterocycles. The van der Waals surface area contributed by atoms with Crippen LogP contribution in [0.15, 0.2) is 53.1 Å². The zero-order valence-corrected chi connectivity index (χ0v) is 12.4. The van der Waals surface area contributed by atoms with E-state index in [0.717, 1.165) is 33.6 Å². The van der Waals surface area contributed by atoms with Crippen molar-refractivity contribution >= 4 is 32.6 Å². The number of halogens is 3. The van der Waals surface area contributed by atoms with Gasteiger partial charge in [0, 0.05) is 21.6 Å². The molecule has 0 unspecified atom stereocenters. The second-order valence-electron chi connectivity index (χ2n) is 4.67. The highest BCUT2D eigenvalue weighted by molar-refractivity contribution is 9.10. The summed E-state index contributed by atoms with van der Waals surface area (Å²) in [6, 6.07) is 10.4. The molecule has 5 heteroatoms. The number of nitrogens with zero attached hydrogens (tertiary/aromatic N) is 1. The Hall–Kier alpha value is -2.01. The fraction of sp³-hybridized carbons (Fsp3) is 0.0625. The van der Waals surface area contributed by atoms with Gasteiger partial charge in [0.25, 0.3) is 0 Å². The van der Waals surface area contributed by atoms with Crippen LogP contribution in [0.5, 0.6) is 0 Å². The van der Waals surface area contributed by atoms with Gasteiger partial charge in [0.15, 0.2) is 5.78 Å². The summed E-state index contributed by atoms with van der Waals surface area (Å²) < 4.78 is 29.4. The number of hydrogen-bond donors (Lipinski definition) is 0. The van der Waals surface area contributed by atoms with Crippen LogP contribution < -0.4 is 0 Å². The number of rotatable bonds is 3. The van der Waals surface area contributed by atoms with E-state index in [2.05, 4.69) is 15.9 Å². The summed E-state index contributed by atoms with van der Waals surface area (Å²) in [5.74, 6) is -1.81. The van der Waals surface area contributed by atoms with E-state index in [1.54, 1.807) is 10.8 Å². The second kappa shape index (κ2) is 5.41. The number of ketones is 1. The predicted octanol–water partition coefficient (Wildman–Crippen LogP) is 4.56. The lowest BCUT2D eigenvalue weighted by Gasteiger charge is -2.06. The second-order valence-corrected chi connectivity index (χ2v) is 5.52. The van der Waals surface area contributed by atoms with Gasteiger partial charge in [0.05, 0.1) is 12.1 Å².